The van der Waals surface area contributed by atoms with E-state index in [2.05, 4.69) is 92.5 Å². The van der Waals surface area contributed by atoms with Crippen LogP contribution in [0.5, 0.6) is 0 Å². The third-order valence-electron chi connectivity index (χ3n) is 9.50. The van der Waals surface area contributed by atoms with Gasteiger partial charge in [-0.1, -0.05) is 111 Å². The predicted molar refractivity (Wildman–Crippen MR) is 218 cm³/mol. The third kappa shape index (κ3) is 10.3. The summed E-state index contributed by atoms with van der Waals surface area (Å²) in [5.74, 6) is -1.00. The maximum atomic E-state index is 14.5. The fraction of sp³-hybridized carbons (Fsp3) is 0.143. The quantitative estimate of drug-likeness (QED) is 0.123. The summed E-state index contributed by atoms with van der Waals surface area (Å²) in [5, 5.41) is 6.36. The molecule has 6 aromatic carbocycles. The number of hydrogen-bond donors (Lipinski definition) is 0. The Balaban J connectivity index is 0.000000199. The molecule has 2 heterocycles. The third-order valence-corrected chi connectivity index (χ3v) is 9.50. The Hall–Kier alpha value is -5.90. The minimum Gasteiger partial charge on any atom is -0.304 e. The Bertz CT molecular complexity index is 2670. The van der Waals surface area contributed by atoms with Crippen LogP contribution in [0.25, 0.3) is 61.1 Å². The number of benzene rings is 6. The van der Waals surface area contributed by atoms with Crippen LogP contribution in [-0.4, -0.2) is 14.8 Å². The van der Waals surface area contributed by atoms with Gasteiger partial charge in [-0.3, -0.25) is 9.07 Å². The number of fused-ring (bicyclic) bond motifs is 1. The van der Waals surface area contributed by atoms with E-state index in [0.717, 1.165) is 35.0 Å². The molecule has 11 heteroatoms. The summed E-state index contributed by atoms with van der Waals surface area (Å²) in [6.07, 6.45) is -5.58. The molecule has 0 saturated heterocycles. The van der Waals surface area contributed by atoms with E-state index in [4.69, 9.17) is 5.10 Å². The van der Waals surface area contributed by atoms with E-state index in [1.54, 1.807) is 18.3 Å². The Morgan fingerprint density at radius 3 is 1.80 bits per heavy atom. The molecule has 1 radical (unpaired) electrons. The van der Waals surface area contributed by atoms with Gasteiger partial charge in [-0.15, -0.1) is 29.8 Å². The zero-order valence-electron chi connectivity index (χ0n) is 32.5. The van der Waals surface area contributed by atoms with Crippen molar-refractivity contribution in [3.63, 3.8) is 0 Å². The van der Waals surface area contributed by atoms with Gasteiger partial charge < -0.3 is 4.98 Å². The van der Waals surface area contributed by atoms with Gasteiger partial charge >= 0.3 is 12.4 Å². The fourth-order valence-corrected chi connectivity index (χ4v) is 6.67. The number of alkyl halides is 6. The van der Waals surface area contributed by atoms with Crippen LogP contribution < -0.4 is 0 Å². The average molecular weight is 992 g/mol. The summed E-state index contributed by atoms with van der Waals surface area (Å²) in [6, 6.07) is 45.1. The molecule has 0 amide bonds. The van der Waals surface area contributed by atoms with Crippen LogP contribution in [0.2, 0.25) is 0 Å². The summed E-state index contributed by atoms with van der Waals surface area (Å²) < 4.78 is 95.5. The maximum Gasteiger partial charge on any atom is 0.416 e. The van der Waals surface area contributed by atoms with Crippen molar-refractivity contribution in [1.29, 1.82) is 0 Å². The van der Waals surface area contributed by atoms with Crippen LogP contribution in [0.15, 0.2) is 152 Å². The summed E-state index contributed by atoms with van der Waals surface area (Å²) in [6.45, 7) is 6.80. The molecule has 8 rings (SSSR count). The molecule has 3 nitrogen and oxygen atoms in total. The van der Waals surface area contributed by atoms with Crippen LogP contribution in [0.3, 0.4) is 0 Å². The first kappa shape index (κ1) is 43.7. The van der Waals surface area contributed by atoms with Gasteiger partial charge in [0.15, 0.2) is 0 Å². The maximum absolute atomic E-state index is 14.5. The van der Waals surface area contributed by atoms with E-state index in [9.17, 15) is 30.7 Å². The van der Waals surface area contributed by atoms with Crippen molar-refractivity contribution in [2.45, 2.75) is 39.5 Å². The Kier molecular flexibility index (Phi) is 12.9. The summed E-state index contributed by atoms with van der Waals surface area (Å²) in [5.41, 5.74) is 3.79. The van der Waals surface area contributed by atoms with Crippen molar-refractivity contribution < 1.29 is 50.8 Å². The number of rotatable bonds is 6. The largest absolute Gasteiger partial charge is 0.416 e. The predicted octanol–water partition coefficient (Wildman–Crippen LogP) is 14.1. The second-order valence-electron chi connectivity index (χ2n) is 15.2. The molecule has 0 unspecified atom stereocenters. The first-order valence-corrected chi connectivity index (χ1v) is 18.6. The minimum absolute atomic E-state index is 0. The summed E-state index contributed by atoms with van der Waals surface area (Å²) in [4.78, 5) is 4.24. The van der Waals surface area contributed by atoms with E-state index in [0.29, 0.717) is 17.8 Å². The standard InChI is InChI=1S/C26H25N2.C23H11F7N.Ir/c1-26(2,3)18-25-24(19-27-28(25)23-12-8-5-9-13-23)22-16-14-21(15-17-22)20-10-6-4-7-11-20;24-20-6-5-14(21-10-13-3-1-2-4-15(13)12-31-21)9-19(20)16-7-17(22(25,26)27)11-18(8-16)23(28,29)30;/h4-12,14-17,19H,18H2,1-3H3;1-4,6-12H;/q2*-1;. The zero-order valence-corrected chi connectivity index (χ0v) is 34.9. The van der Waals surface area contributed by atoms with Crippen molar-refractivity contribution >= 4 is 10.8 Å². The van der Waals surface area contributed by atoms with Crippen LogP contribution in [-0.2, 0) is 38.9 Å². The molecule has 0 spiro atoms. The number of pyridine rings is 1. The molecule has 8 aromatic rings. The number of aromatic nitrogens is 3. The fourth-order valence-electron chi connectivity index (χ4n) is 6.67. The average Bonchev–Trinajstić information content (AvgIpc) is 3.63. The molecule has 307 valence electrons. The van der Waals surface area contributed by atoms with Gasteiger partial charge in [-0.25, -0.2) is 0 Å². The van der Waals surface area contributed by atoms with Crippen molar-refractivity contribution in [3.8, 4) is 50.3 Å². The van der Waals surface area contributed by atoms with E-state index < -0.39 is 40.4 Å². The molecule has 0 N–H and O–H groups in total. The first-order valence-electron chi connectivity index (χ1n) is 18.6. The van der Waals surface area contributed by atoms with E-state index in [-0.39, 0.29) is 37.2 Å². The molecule has 0 aliphatic heterocycles. The monoisotopic (exact) mass is 992 g/mol. The van der Waals surface area contributed by atoms with Crippen molar-refractivity contribution in [2.24, 2.45) is 5.41 Å². The Labute approximate surface area is 356 Å². The normalized spacial score (nSPS) is 11.8. The second-order valence-corrected chi connectivity index (χ2v) is 15.2. The zero-order chi connectivity index (χ0) is 42.0. The molecule has 2 aromatic heterocycles. The molecule has 0 aliphatic carbocycles. The number of halogens is 7. The van der Waals surface area contributed by atoms with Gasteiger partial charge in [0, 0.05) is 37.7 Å². The Morgan fingerprint density at radius 1 is 0.583 bits per heavy atom. The van der Waals surface area contributed by atoms with Gasteiger partial charge in [-0.2, -0.15) is 55.7 Å². The first-order chi connectivity index (χ1) is 28.0. The molecular formula is C49H36F7IrN3-2. The van der Waals surface area contributed by atoms with Crippen molar-refractivity contribution in [1.82, 2.24) is 14.8 Å². The molecule has 0 atom stereocenters. The van der Waals surface area contributed by atoms with Gasteiger partial charge in [-0.05, 0) is 74.4 Å². The van der Waals surface area contributed by atoms with Gasteiger partial charge in [0.1, 0.15) is 0 Å². The Morgan fingerprint density at radius 2 is 1.18 bits per heavy atom. The second kappa shape index (κ2) is 17.8. The van der Waals surface area contributed by atoms with Crippen molar-refractivity contribution in [3.05, 3.63) is 187 Å². The summed E-state index contributed by atoms with van der Waals surface area (Å²) in [7, 11) is 0. The minimum atomic E-state index is -5.03. The van der Waals surface area contributed by atoms with Gasteiger partial charge in [0.2, 0.25) is 0 Å². The van der Waals surface area contributed by atoms with Crippen LogP contribution in [0, 0.1) is 23.4 Å². The SMILES string of the molecule is CC(C)(C)Cc1c(-c2ccc(-c3ccccc3)cc2)cnn1-c1[c-]cccc1.Fc1c[c-]c(-c2cc3ccccc3cn2)cc1-c1cc(C(F)(F)F)cc(C(F)(F)F)c1.[Ir]. The van der Waals surface area contributed by atoms with Gasteiger partial charge in [0.05, 0.1) is 23.0 Å². The van der Waals surface area contributed by atoms with E-state index >= 15 is 0 Å². The van der Waals surface area contributed by atoms with Crippen LogP contribution in [0.4, 0.5) is 30.7 Å². The van der Waals surface area contributed by atoms with Crippen LogP contribution in [0.1, 0.15) is 37.6 Å². The molecular weight excluding hydrogens is 956 g/mol. The van der Waals surface area contributed by atoms with Crippen LogP contribution >= 0.6 is 0 Å². The smallest absolute Gasteiger partial charge is 0.304 e. The number of nitrogens with zero attached hydrogens (tertiary/aromatic N) is 3. The molecule has 0 aliphatic rings. The van der Waals surface area contributed by atoms with E-state index in [1.807, 2.05) is 53.3 Å². The molecule has 0 saturated carbocycles. The summed E-state index contributed by atoms with van der Waals surface area (Å²) >= 11 is 0. The number of para-hydroxylation sites is 1. The molecule has 0 fully saturated rings. The molecule has 60 heavy (non-hydrogen) atoms. The van der Waals surface area contributed by atoms with Gasteiger partial charge in [0.25, 0.3) is 0 Å². The molecule has 0 bridgehead atoms. The number of hydrogen-bond acceptors (Lipinski definition) is 2. The van der Waals surface area contributed by atoms with Crippen molar-refractivity contribution in [2.75, 3.05) is 0 Å². The van der Waals surface area contributed by atoms with E-state index in [1.165, 1.54) is 27.9 Å². The topological polar surface area (TPSA) is 30.7 Å².